The molecule has 0 spiro atoms. The van der Waals surface area contributed by atoms with Gasteiger partial charge in [-0.25, -0.2) is 14.5 Å². The summed E-state index contributed by atoms with van der Waals surface area (Å²) in [5.74, 6) is 0.622. The Morgan fingerprint density at radius 3 is 2.69 bits per heavy atom. The fourth-order valence-corrected chi connectivity index (χ4v) is 4.37. The number of aryl methyl sites for hydroxylation is 2. The van der Waals surface area contributed by atoms with Gasteiger partial charge in [0.2, 0.25) is 0 Å². The summed E-state index contributed by atoms with van der Waals surface area (Å²) in [4.78, 5) is 15.8. The molecule has 0 unspecified atom stereocenters. The van der Waals surface area contributed by atoms with E-state index in [1.165, 1.54) is 0 Å². The number of hydrogen-bond acceptors (Lipinski definition) is 6. The first kappa shape index (κ1) is 26.5. The van der Waals surface area contributed by atoms with Crippen molar-refractivity contribution < 1.29 is 31.1 Å². The summed E-state index contributed by atoms with van der Waals surface area (Å²) in [6.07, 6.45) is -0.944. The molecule has 10 nitrogen and oxygen atoms in total. The van der Waals surface area contributed by atoms with Crippen molar-refractivity contribution >= 4 is 27.3 Å². The topological polar surface area (TPSA) is 120 Å². The van der Waals surface area contributed by atoms with E-state index in [9.17, 15) is 26.4 Å². The molecular weight excluding hydrogens is 489 g/mol. The van der Waals surface area contributed by atoms with Gasteiger partial charge in [-0.2, -0.15) is 31.4 Å². The third-order valence-corrected chi connectivity index (χ3v) is 6.26. The molecule has 0 aliphatic carbocycles. The highest BCUT2D eigenvalue weighted by Crippen LogP contribution is 2.32. The Morgan fingerprint density at radius 1 is 1.26 bits per heavy atom. The number of rotatable bonds is 10. The van der Waals surface area contributed by atoms with Crippen LogP contribution in [0.4, 0.5) is 18.0 Å². The van der Waals surface area contributed by atoms with Crippen LogP contribution in [-0.2, 0) is 34.6 Å². The van der Waals surface area contributed by atoms with Crippen molar-refractivity contribution in [3.8, 4) is 5.82 Å². The largest absolute Gasteiger partial charge is 0.449 e. The zero-order chi connectivity index (χ0) is 25.8. The molecule has 0 saturated carbocycles. The number of nitrogens with zero attached hydrogens (tertiary/aromatic N) is 4. The number of unbranched alkanes of at least 4 members (excludes halogenated alkanes) is 1. The monoisotopic (exact) mass is 516 g/mol. The minimum Gasteiger partial charge on any atom is -0.449 e. The van der Waals surface area contributed by atoms with E-state index < -0.39 is 28.0 Å². The Hall–Kier alpha value is -3.13. The molecule has 0 aliphatic rings. The maximum absolute atomic E-state index is 13.0. The molecule has 0 atom stereocenters. The second-order valence-electron chi connectivity index (χ2n) is 7.92. The molecular formula is C21H27F3N6O4S. The van der Waals surface area contributed by atoms with Crippen LogP contribution in [-0.4, -0.2) is 47.0 Å². The minimum absolute atomic E-state index is 0.0519. The lowest BCUT2D eigenvalue weighted by molar-refractivity contribution is -0.137. The maximum Gasteiger partial charge on any atom is 0.421 e. The third kappa shape index (κ3) is 6.51. The van der Waals surface area contributed by atoms with Crippen LogP contribution in [0.3, 0.4) is 0 Å². The summed E-state index contributed by atoms with van der Waals surface area (Å²) in [5, 5.41) is 4.74. The zero-order valence-corrected chi connectivity index (χ0v) is 20.3. The highest BCUT2D eigenvalue weighted by molar-refractivity contribution is 7.88. The SMILES string of the molecule is CCCCNS(=O)(=O)NC(=O)OCCCc1c(C)nn(C)c1-n1ccc2cc(C(F)(F)F)cnc21. The summed E-state index contributed by atoms with van der Waals surface area (Å²) in [6, 6.07) is 2.59. The second-order valence-corrected chi connectivity index (χ2v) is 9.42. The van der Waals surface area contributed by atoms with E-state index in [2.05, 4.69) is 14.8 Å². The van der Waals surface area contributed by atoms with Gasteiger partial charge in [0.05, 0.1) is 17.9 Å². The van der Waals surface area contributed by atoms with Gasteiger partial charge < -0.3 is 4.74 Å². The zero-order valence-electron chi connectivity index (χ0n) is 19.5. The van der Waals surface area contributed by atoms with Gasteiger partial charge >= 0.3 is 22.5 Å². The first-order valence-corrected chi connectivity index (χ1v) is 12.4. The Kier molecular flexibility index (Phi) is 8.05. The van der Waals surface area contributed by atoms with E-state index in [4.69, 9.17) is 4.74 Å². The van der Waals surface area contributed by atoms with E-state index in [1.54, 1.807) is 40.2 Å². The molecule has 1 amide bonds. The molecule has 3 aromatic rings. The molecule has 0 fully saturated rings. The van der Waals surface area contributed by atoms with E-state index in [-0.39, 0.29) is 13.2 Å². The van der Waals surface area contributed by atoms with Gasteiger partial charge in [0.15, 0.2) is 0 Å². The van der Waals surface area contributed by atoms with Crippen LogP contribution in [0, 0.1) is 6.92 Å². The van der Waals surface area contributed by atoms with Gasteiger partial charge in [-0.1, -0.05) is 13.3 Å². The number of alkyl halides is 3. The van der Waals surface area contributed by atoms with Gasteiger partial charge in [-0.3, -0.25) is 9.25 Å². The minimum atomic E-state index is -4.49. The summed E-state index contributed by atoms with van der Waals surface area (Å²) >= 11 is 0. The molecule has 192 valence electrons. The van der Waals surface area contributed by atoms with Crippen LogP contribution in [0.5, 0.6) is 0 Å². The maximum atomic E-state index is 13.0. The molecule has 0 saturated heterocycles. The summed E-state index contributed by atoms with van der Waals surface area (Å²) in [6.45, 7) is 3.86. The van der Waals surface area contributed by atoms with E-state index in [0.29, 0.717) is 41.8 Å². The molecule has 0 radical (unpaired) electrons. The second kappa shape index (κ2) is 10.6. The number of halogens is 3. The number of ether oxygens (including phenoxy) is 1. The number of hydrogen-bond donors (Lipinski definition) is 2. The molecule has 0 aliphatic heterocycles. The van der Waals surface area contributed by atoms with Crippen molar-refractivity contribution in [1.29, 1.82) is 0 Å². The van der Waals surface area contributed by atoms with Crippen LogP contribution in [0.2, 0.25) is 0 Å². The molecule has 35 heavy (non-hydrogen) atoms. The number of pyridine rings is 1. The Bertz CT molecular complexity index is 1300. The molecule has 0 aromatic carbocycles. The Balaban J connectivity index is 1.68. The Labute approximate surface area is 200 Å². The number of aromatic nitrogens is 4. The van der Waals surface area contributed by atoms with Crippen molar-refractivity contribution in [1.82, 2.24) is 28.8 Å². The highest BCUT2D eigenvalue weighted by atomic mass is 32.2. The molecule has 3 aromatic heterocycles. The number of amides is 1. The van der Waals surface area contributed by atoms with Crippen molar-refractivity contribution in [2.45, 2.75) is 45.7 Å². The van der Waals surface area contributed by atoms with Crippen molar-refractivity contribution in [2.75, 3.05) is 13.2 Å². The predicted molar refractivity (Wildman–Crippen MR) is 122 cm³/mol. The van der Waals surface area contributed by atoms with Crippen LogP contribution >= 0.6 is 0 Å². The average Bonchev–Trinajstić information content (AvgIpc) is 3.29. The van der Waals surface area contributed by atoms with Crippen LogP contribution in [0.1, 0.15) is 43.0 Å². The van der Waals surface area contributed by atoms with E-state index in [0.717, 1.165) is 24.2 Å². The lowest BCUT2D eigenvalue weighted by Gasteiger charge is -2.11. The van der Waals surface area contributed by atoms with Gasteiger partial charge in [0.25, 0.3) is 0 Å². The fraction of sp³-hybridized carbons (Fsp3) is 0.476. The molecule has 0 bridgehead atoms. The Morgan fingerprint density at radius 2 is 2.00 bits per heavy atom. The summed E-state index contributed by atoms with van der Waals surface area (Å²) < 4.78 is 74.9. The smallest absolute Gasteiger partial charge is 0.421 e. The summed E-state index contributed by atoms with van der Waals surface area (Å²) in [5.41, 5.74) is 1.01. The van der Waals surface area contributed by atoms with Gasteiger partial charge in [-0.15, -0.1) is 0 Å². The molecule has 3 heterocycles. The normalized spacial score (nSPS) is 12.3. The van der Waals surface area contributed by atoms with Crippen LogP contribution in [0.15, 0.2) is 24.5 Å². The number of carbonyl (C=O) groups is 1. The van der Waals surface area contributed by atoms with Crippen molar-refractivity contribution in [2.24, 2.45) is 7.05 Å². The lowest BCUT2D eigenvalue weighted by atomic mass is 10.1. The lowest BCUT2D eigenvalue weighted by Crippen LogP contribution is -2.41. The summed E-state index contributed by atoms with van der Waals surface area (Å²) in [7, 11) is -2.27. The van der Waals surface area contributed by atoms with Gasteiger partial charge in [0, 0.05) is 36.9 Å². The van der Waals surface area contributed by atoms with Crippen LogP contribution < -0.4 is 9.44 Å². The van der Waals surface area contributed by atoms with Crippen molar-refractivity contribution in [3.63, 3.8) is 0 Å². The average molecular weight is 517 g/mol. The van der Waals surface area contributed by atoms with E-state index >= 15 is 0 Å². The number of fused-ring (bicyclic) bond motifs is 1. The standard InChI is InChI=1S/C21H27F3N6O4S/c1-4-5-9-26-35(32,33)28-20(31)34-11-6-7-17-14(2)27-29(3)19(17)30-10-8-15-12-16(21(22,23)24)13-25-18(15)30/h8,10,12-13,26H,4-7,9,11H2,1-3H3,(H,28,31). The number of nitrogens with one attached hydrogen (secondary N) is 2. The molecule has 3 rings (SSSR count). The fourth-order valence-electron chi connectivity index (χ4n) is 3.61. The van der Waals surface area contributed by atoms with Gasteiger partial charge in [-0.05, 0) is 38.3 Å². The molecule has 14 heteroatoms. The van der Waals surface area contributed by atoms with Crippen LogP contribution in [0.25, 0.3) is 16.9 Å². The first-order valence-electron chi connectivity index (χ1n) is 10.9. The highest BCUT2D eigenvalue weighted by Gasteiger charge is 2.31. The number of carbonyl (C=O) groups excluding carboxylic acids is 1. The van der Waals surface area contributed by atoms with E-state index in [1.807, 2.05) is 6.92 Å². The third-order valence-electron chi connectivity index (χ3n) is 5.24. The molecule has 2 N–H and O–H groups in total. The quantitative estimate of drug-likeness (QED) is 0.399. The van der Waals surface area contributed by atoms with Gasteiger partial charge in [0.1, 0.15) is 11.5 Å². The predicted octanol–water partition coefficient (Wildman–Crippen LogP) is 3.38. The first-order chi connectivity index (χ1) is 16.4. The van der Waals surface area contributed by atoms with Crippen molar-refractivity contribution in [3.05, 3.63) is 41.3 Å².